The van der Waals surface area contributed by atoms with Crippen LogP contribution in [0.1, 0.15) is 39.5 Å². The number of ketones is 1. The molecule has 4 heteroatoms. The lowest BCUT2D eigenvalue weighted by molar-refractivity contribution is -0.146. The summed E-state index contributed by atoms with van der Waals surface area (Å²) in [4.78, 5) is 22.4. The fraction of sp³-hybridized carbons (Fsp3) is 0.727. The molecule has 0 N–H and O–H groups in total. The molecule has 0 amide bonds. The lowest BCUT2D eigenvalue weighted by atomic mass is 9.98. The Hall–Kier alpha value is -1.37. The molecule has 0 aromatic heterocycles. The highest BCUT2D eigenvalue weighted by molar-refractivity contribution is 5.96. The predicted molar refractivity (Wildman–Crippen MR) is 54.9 cm³/mol. The highest BCUT2D eigenvalue weighted by Crippen LogP contribution is 2.10. The van der Waals surface area contributed by atoms with Gasteiger partial charge in [0.25, 0.3) is 0 Å². The summed E-state index contributed by atoms with van der Waals surface area (Å²) in [5.74, 6) is -0.733. The molecule has 0 rings (SSSR count). The van der Waals surface area contributed by atoms with Crippen LogP contribution in [0.25, 0.3) is 0 Å². The molecule has 0 aromatic rings. The highest BCUT2D eigenvalue weighted by Gasteiger charge is 2.16. The third-order valence-electron chi connectivity index (χ3n) is 2.10. The third-order valence-corrected chi connectivity index (χ3v) is 2.10. The number of nitrogens with zero attached hydrogens (tertiary/aromatic N) is 1. The summed E-state index contributed by atoms with van der Waals surface area (Å²) in [6, 6.07) is 2.02. The zero-order valence-electron chi connectivity index (χ0n) is 9.28. The molecule has 0 bridgehead atoms. The summed E-state index contributed by atoms with van der Waals surface area (Å²) in [5, 5.41) is 8.32. The summed E-state index contributed by atoms with van der Waals surface area (Å²) in [6.07, 6.45) is 1.66. The quantitative estimate of drug-likeness (QED) is 0.366. The molecule has 4 nitrogen and oxygen atoms in total. The number of unbranched alkanes of at least 4 members (excludes halogenated alkanes) is 1. The maximum absolute atomic E-state index is 11.4. The van der Waals surface area contributed by atoms with Gasteiger partial charge in [-0.2, -0.15) is 5.26 Å². The maximum Gasteiger partial charge on any atom is 0.313 e. The van der Waals surface area contributed by atoms with Crippen LogP contribution >= 0.6 is 0 Å². The van der Waals surface area contributed by atoms with Gasteiger partial charge in [-0.15, -0.1) is 0 Å². The number of nitriles is 1. The number of carbonyl (C=O) groups excluding carboxylic acids is 2. The molecule has 0 fully saturated rings. The Morgan fingerprint density at radius 1 is 1.47 bits per heavy atom. The van der Waals surface area contributed by atoms with E-state index >= 15 is 0 Å². The molecule has 15 heavy (non-hydrogen) atoms. The van der Waals surface area contributed by atoms with Crippen LogP contribution in [0.2, 0.25) is 0 Å². The number of rotatable bonds is 7. The molecule has 0 saturated carbocycles. The van der Waals surface area contributed by atoms with Crippen LogP contribution in [0.4, 0.5) is 0 Å². The number of ether oxygens (including phenoxy) is 1. The van der Waals surface area contributed by atoms with Gasteiger partial charge in [-0.25, -0.2) is 0 Å². The average Bonchev–Trinajstić information content (AvgIpc) is 2.18. The molecule has 0 saturated heterocycles. The molecule has 0 heterocycles. The first-order chi connectivity index (χ1) is 7.11. The average molecular weight is 211 g/mol. The molecule has 0 unspecified atom stereocenters. The Labute approximate surface area is 90.2 Å². The van der Waals surface area contributed by atoms with Crippen molar-refractivity contribution in [2.24, 2.45) is 5.92 Å². The van der Waals surface area contributed by atoms with Crippen molar-refractivity contribution in [3.8, 4) is 6.07 Å². The lowest BCUT2D eigenvalue weighted by Gasteiger charge is -2.08. The van der Waals surface area contributed by atoms with Crippen molar-refractivity contribution < 1.29 is 14.3 Å². The van der Waals surface area contributed by atoms with Crippen LogP contribution in [0.15, 0.2) is 0 Å². The van der Waals surface area contributed by atoms with Crippen LogP contribution in [-0.2, 0) is 14.3 Å². The van der Waals surface area contributed by atoms with E-state index in [1.54, 1.807) is 13.8 Å². The Bertz CT molecular complexity index is 255. The Kier molecular flexibility index (Phi) is 7.25. The van der Waals surface area contributed by atoms with Gasteiger partial charge < -0.3 is 4.74 Å². The zero-order valence-corrected chi connectivity index (χ0v) is 9.28. The number of hydrogen-bond acceptors (Lipinski definition) is 4. The molecule has 0 radical (unpaired) electrons. The first kappa shape index (κ1) is 13.6. The van der Waals surface area contributed by atoms with Gasteiger partial charge in [-0.05, 0) is 19.8 Å². The molecule has 0 aromatic carbocycles. The summed E-state index contributed by atoms with van der Waals surface area (Å²) in [5.41, 5.74) is 0. The number of Topliss-reactive ketones (excluding diaryl/α,β-unsaturated/α-hetero) is 1. The Morgan fingerprint density at radius 3 is 2.67 bits per heavy atom. The van der Waals surface area contributed by atoms with Gasteiger partial charge in [0.05, 0.1) is 12.7 Å². The first-order valence-electron chi connectivity index (χ1n) is 5.17. The number of hydrogen-bond donors (Lipinski definition) is 0. The van der Waals surface area contributed by atoms with E-state index in [2.05, 4.69) is 4.74 Å². The molecule has 0 aliphatic carbocycles. The minimum absolute atomic E-state index is 0.105. The molecule has 0 aliphatic heterocycles. The topological polar surface area (TPSA) is 67.2 Å². The van der Waals surface area contributed by atoms with Gasteiger partial charge in [0.1, 0.15) is 12.2 Å². The van der Waals surface area contributed by atoms with Crippen LogP contribution in [0, 0.1) is 17.2 Å². The van der Waals surface area contributed by atoms with Crippen molar-refractivity contribution in [2.45, 2.75) is 39.5 Å². The van der Waals surface area contributed by atoms with Crippen LogP contribution in [0.5, 0.6) is 0 Å². The summed E-state index contributed by atoms with van der Waals surface area (Å²) < 4.78 is 4.68. The minimum atomic E-state index is -0.463. The molecule has 84 valence electrons. The van der Waals surface area contributed by atoms with E-state index in [-0.39, 0.29) is 18.1 Å². The van der Waals surface area contributed by atoms with E-state index in [1.807, 2.05) is 6.07 Å². The van der Waals surface area contributed by atoms with Crippen molar-refractivity contribution in [1.82, 2.24) is 0 Å². The molecule has 0 spiro atoms. The standard InChI is InChI=1S/C11H17NO3/c1-3-15-11(14)8-10(13)9(2)6-4-5-7-12/h9H,3-6,8H2,1-2H3/t9-/m0/s1. The normalized spacial score (nSPS) is 11.5. The SMILES string of the molecule is CCOC(=O)CC(=O)[C@@H](C)CCCC#N. The third kappa shape index (κ3) is 6.67. The van der Waals surface area contributed by atoms with Gasteiger partial charge in [-0.3, -0.25) is 9.59 Å². The van der Waals surface area contributed by atoms with E-state index < -0.39 is 5.97 Å². The van der Waals surface area contributed by atoms with E-state index in [9.17, 15) is 9.59 Å². The second kappa shape index (κ2) is 7.98. The summed E-state index contributed by atoms with van der Waals surface area (Å²) in [6.45, 7) is 3.78. The smallest absolute Gasteiger partial charge is 0.313 e. The van der Waals surface area contributed by atoms with Gasteiger partial charge >= 0.3 is 5.97 Å². The van der Waals surface area contributed by atoms with Crippen molar-refractivity contribution in [3.05, 3.63) is 0 Å². The summed E-state index contributed by atoms with van der Waals surface area (Å²) >= 11 is 0. The Morgan fingerprint density at radius 2 is 2.13 bits per heavy atom. The number of carbonyl (C=O) groups is 2. The lowest BCUT2D eigenvalue weighted by Crippen LogP contribution is -2.17. The van der Waals surface area contributed by atoms with Crippen molar-refractivity contribution in [1.29, 1.82) is 5.26 Å². The van der Waals surface area contributed by atoms with Crippen molar-refractivity contribution in [3.63, 3.8) is 0 Å². The van der Waals surface area contributed by atoms with Gasteiger partial charge in [0.15, 0.2) is 0 Å². The van der Waals surface area contributed by atoms with E-state index in [0.29, 0.717) is 25.9 Å². The largest absolute Gasteiger partial charge is 0.466 e. The zero-order chi connectivity index (χ0) is 11.7. The molecular weight excluding hydrogens is 194 g/mol. The summed E-state index contributed by atoms with van der Waals surface area (Å²) in [7, 11) is 0. The second-order valence-corrected chi connectivity index (χ2v) is 3.40. The highest BCUT2D eigenvalue weighted by atomic mass is 16.5. The van der Waals surface area contributed by atoms with E-state index in [0.717, 1.165) is 0 Å². The number of esters is 1. The molecule has 1 atom stereocenters. The Balaban J connectivity index is 3.79. The van der Waals surface area contributed by atoms with E-state index in [1.165, 1.54) is 0 Å². The maximum atomic E-state index is 11.4. The minimum Gasteiger partial charge on any atom is -0.466 e. The van der Waals surface area contributed by atoms with Crippen LogP contribution in [0.3, 0.4) is 0 Å². The second-order valence-electron chi connectivity index (χ2n) is 3.40. The fourth-order valence-corrected chi connectivity index (χ4v) is 1.18. The van der Waals surface area contributed by atoms with Crippen molar-refractivity contribution >= 4 is 11.8 Å². The van der Waals surface area contributed by atoms with Crippen molar-refractivity contribution in [2.75, 3.05) is 6.61 Å². The first-order valence-corrected chi connectivity index (χ1v) is 5.17. The van der Waals surface area contributed by atoms with Crippen LogP contribution < -0.4 is 0 Å². The fourth-order valence-electron chi connectivity index (χ4n) is 1.18. The predicted octanol–water partition coefficient (Wildman–Crippen LogP) is 1.84. The van der Waals surface area contributed by atoms with Gasteiger partial charge in [0, 0.05) is 12.3 Å². The monoisotopic (exact) mass is 211 g/mol. The van der Waals surface area contributed by atoms with Crippen LogP contribution in [-0.4, -0.2) is 18.4 Å². The van der Waals surface area contributed by atoms with Gasteiger partial charge in [-0.1, -0.05) is 6.92 Å². The molecule has 0 aliphatic rings. The van der Waals surface area contributed by atoms with Gasteiger partial charge in [0.2, 0.25) is 0 Å². The molecular formula is C11H17NO3. The van der Waals surface area contributed by atoms with E-state index in [4.69, 9.17) is 5.26 Å².